The molecule has 0 saturated heterocycles. The van der Waals surface area contributed by atoms with E-state index in [2.05, 4.69) is 5.32 Å². The van der Waals surface area contributed by atoms with Crippen molar-refractivity contribution in [2.75, 3.05) is 25.6 Å². The number of carbonyl (C=O) groups excluding carboxylic acids is 1. The van der Waals surface area contributed by atoms with E-state index in [1.54, 1.807) is 31.4 Å². The van der Waals surface area contributed by atoms with Gasteiger partial charge in [0.25, 0.3) is 5.91 Å². The average Bonchev–Trinajstić information content (AvgIpc) is 2.52. The summed E-state index contributed by atoms with van der Waals surface area (Å²) >= 11 is 12.0. The van der Waals surface area contributed by atoms with Gasteiger partial charge in [0.2, 0.25) is 0 Å². The molecule has 1 amide bonds. The van der Waals surface area contributed by atoms with E-state index in [-0.39, 0.29) is 10.9 Å². The van der Waals surface area contributed by atoms with Crippen LogP contribution in [0.15, 0.2) is 36.4 Å². The van der Waals surface area contributed by atoms with Gasteiger partial charge < -0.3 is 14.8 Å². The fraction of sp³-hybridized carbons (Fsp3) is 0.235. The van der Waals surface area contributed by atoms with Crippen molar-refractivity contribution in [3.8, 4) is 5.75 Å². The van der Waals surface area contributed by atoms with Crippen LogP contribution in [0.25, 0.3) is 0 Å². The van der Waals surface area contributed by atoms with E-state index in [4.69, 9.17) is 32.7 Å². The lowest BCUT2D eigenvalue weighted by Crippen LogP contribution is -2.14. The van der Waals surface area contributed by atoms with E-state index in [9.17, 15) is 4.79 Å². The first-order chi connectivity index (χ1) is 11.0. The Morgan fingerprint density at radius 2 is 1.96 bits per heavy atom. The highest BCUT2D eigenvalue weighted by molar-refractivity contribution is 6.44. The molecule has 0 aliphatic carbocycles. The van der Waals surface area contributed by atoms with Crippen molar-refractivity contribution in [3.05, 3.63) is 57.6 Å². The topological polar surface area (TPSA) is 47.6 Å². The number of carbonyl (C=O) groups is 1. The number of ether oxygens (including phenoxy) is 2. The highest BCUT2D eigenvalue weighted by Gasteiger charge is 2.15. The van der Waals surface area contributed by atoms with Crippen LogP contribution in [0.1, 0.15) is 15.9 Å². The van der Waals surface area contributed by atoms with Crippen LogP contribution in [0.5, 0.6) is 5.75 Å². The molecule has 0 bridgehead atoms. The number of nitrogens with one attached hydrogen (secondary N) is 1. The third-order valence-corrected chi connectivity index (χ3v) is 3.95. The Kier molecular flexibility index (Phi) is 6.28. The largest absolute Gasteiger partial charge is 0.489 e. The second kappa shape index (κ2) is 8.20. The Morgan fingerprint density at radius 3 is 2.70 bits per heavy atom. The smallest absolute Gasteiger partial charge is 0.257 e. The molecule has 6 heteroatoms. The Bertz CT molecular complexity index is 704. The Labute approximate surface area is 145 Å². The first-order valence-electron chi connectivity index (χ1n) is 7.00. The quantitative estimate of drug-likeness (QED) is 0.773. The molecular weight excluding hydrogens is 337 g/mol. The first kappa shape index (κ1) is 17.6. The standard InChI is InChI=1S/C17H17Cl2NO3/c1-11-6-7-14(15(10-11)23-9-8-22-2)20-17(21)12-4-3-5-13(18)16(12)19/h3-7,10H,8-9H2,1-2H3,(H,20,21). The van der Waals surface area contributed by atoms with Crippen molar-refractivity contribution in [1.29, 1.82) is 0 Å². The van der Waals surface area contributed by atoms with Gasteiger partial charge >= 0.3 is 0 Å². The lowest BCUT2D eigenvalue weighted by atomic mass is 10.1. The van der Waals surface area contributed by atoms with Crippen LogP contribution in [0.2, 0.25) is 10.0 Å². The van der Waals surface area contributed by atoms with Crippen LogP contribution in [-0.4, -0.2) is 26.2 Å². The molecule has 0 aliphatic rings. The van der Waals surface area contributed by atoms with Crippen LogP contribution >= 0.6 is 23.2 Å². The van der Waals surface area contributed by atoms with Gasteiger partial charge in [0.05, 0.1) is 27.9 Å². The number of hydrogen-bond donors (Lipinski definition) is 1. The van der Waals surface area contributed by atoms with Crippen LogP contribution in [0, 0.1) is 6.92 Å². The number of halogens is 2. The van der Waals surface area contributed by atoms with Gasteiger partial charge in [-0.25, -0.2) is 0 Å². The summed E-state index contributed by atoms with van der Waals surface area (Å²) in [4.78, 5) is 12.4. The molecule has 0 saturated carbocycles. The van der Waals surface area contributed by atoms with Gasteiger partial charge in [-0.05, 0) is 36.8 Å². The van der Waals surface area contributed by atoms with Crippen LogP contribution < -0.4 is 10.1 Å². The van der Waals surface area contributed by atoms with E-state index in [0.717, 1.165) is 5.56 Å². The summed E-state index contributed by atoms with van der Waals surface area (Å²) < 4.78 is 10.6. The maximum Gasteiger partial charge on any atom is 0.257 e. The predicted molar refractivity (Wildman–Crippen MR) is 93.0 cm³/mol. The summed E-state index contributed by atoms with van der Waals surface area (Å²) in [6.07, 6.45) is 0. The van der Waals surface area contributed by atoms with Gasteiger partial charge in [-0.3, -0.25) is 4.79 Å². The predicted octanol–water partition coefficient (Wildman–Crippen LogP) is 4.58. The molecule has 122 valence electrons. The minimum absolute atomic E-state index is 0.223. The van der Waals surface area contributed by atoms with E-state index in [1.165, 1.54) is 0 Å². The monoisotopic (exact) mass is 353 g/mol. The van der Waals surface area contributed by atoms with Crippen molar-refractivity contribution in [1.82, 2.24) is 0 Å². The van der Waals surface area contributed by atoms with Crippen molar-refractivity contribution < 1.29 is 14.3 Å². The number of benzene rings is 2. The van der Waals surface area contributed by atoms with Crippen LogP contribution in [0.4, 0.5) is 5.69 Å². The molecule has 0 radical (unpaired) electrons. The van der Waals surface area contributed by atoms with Gasteiger partial charge in [0.15, 0.2) is 0 Å². The Balaban J connectivity index is 2.21. The van der Waals surface area contributed by atoms with Crippen molar-refractivity contribution in [2.24, 2.45) is 0 Å². The van der Waals surface area contributed by atoms with Crippen LogP contribution in [-0.2, 0) is 4.74 Å². The molecule has 0 unspecified atom stereocenters. The summed E-state index contributed by atoms with van der Waals surface area (Å²) in [7, 11) is 1.60. The molecule has 0 aliphatic heterocycles. The maximum atomic E-state index is 12.4. The minimum Gasteiger partial charge on any atom is -0.489 e. The zero-order chi connectivity index (χ0) is 16.8. The van der Waals surface area contributed by atoms with Gasteiger partial charge in [-0.2, -0.15) is 0 Å². The molecule has 2 aromatic rings. The summed E-state index contributed by atoms with van der Waals surface area (Å²) in [5.74, 6) is 0.228. The van der Waals surface area contributed by atoms with Crippen molar-refractivity contribution in [2.45, 2.75) is 6.92 Å². The number of rotatable bonds is 6. The van der Waals surface area contributed by atoms with E-state index in [1.807, 2.05) is 19.1 Å². The number of amides is 1. The van der Waals surface area contributed by atoms with Gasteiger partial charge in [-0.1, -0.05) is 35.3 Å². The molecule has 0 heterocycles. The van der Waals surface area contributed by atoms with E-state index < -0.39 is 0 Å². The average molecular weight is 354 g/mol. The molecule has 1 N–H and O–H groups in total. The normalized spacial score (nSPS) is 10.4. The molecule has 0 aromatic heterocycles. The van der Waals surface area contributed by atoms with Gasteiger partial charge in [-0.15, -0.1) is 0 Å². The van der Waals surface area contributed by atoms with Crippen LogP contribution in [0.3, 0.4) is 0 Å². The molecule has 0 fully saturated rings. The highest BCUT2D eigenvalue weighted by Crippen LogP contribution is 2.29. The second-order valence-electron chi connectivity index (χ2n) is 4.90. The molecule has 4 nitrogen and oxygen atoms in total. The number of aryl methyl sites for hydroxylation is 1. The molecule has 0 spiro atoms. The Morgan fingerprint density at radius 1 is 1.17 bits per heavy atom. The molecule has 2 aromatic carbocycles. The third kappa shape index (κ3) is 4.61. The SMILES string of the molecule is COCCOc1cc(C)ccc1NC(=O)c1cccc(Cl)c1Cl. The fourth-order valence-electron chi connectivity index (χ4n) is 1.96. The molecular formula is C17H17Cl2NO3. The lowest BCUT2D eigenvalue weighted by molar-refractivity contribution is 0.102. The van der Waals surface area contributed by atoms with Crippen molar-refractivity contribution >= 4 is 34.8 Å². The Hall–Kier alpha value is -1.75. The summed E-state index contributed by atoms with van der Waals surface area (Å²) in [5.41, 5.74) is 1.89. The molecule has 23 heavy (non-hydrogen) atoms. The number of anilines is 1. The fourth-order valence-corrected chi connectivity index (χ4v) is 2.34. The molecule has 0 atom stereocenters. The minimum atomic E-state index is -0.349. The van der Waals surface area contributed by atoms with Gasteiger partial charge in [0, 0.05) is 7.11 Å². The lowest BCUT2D eigenvalue weighted by Gasteiger charge is -2.14. The number of hydrogen-bond acceptors (Lipinski definition) is 3. The van der Waals surface area contributed by atoms with E-state index in [0.29, 0.717) is 35.2 Å². The first-order valence-corrected chi connectivity index (χ1v) is 7.76. The van der Waals surface area contributed by atoms with E-state index >= 15 is 0 Å². The summed E-state index contributed by atoms with van der Waals surface area (Å²) in [6.45, 7) is 2.80. The highest BCUT2D eigenvalue weighted by atomic mass is 35.5. The third-order valence-electron chi connectivity index (χ3n) is 3.13. The van der Waals surface area contributed by atoms with Gasteiger partial charge in [0.1, 0.15) is 12.4 Å². The maximum absolute atomic E-state index is 12.4. The summed E-state index contributed by atoms with van der Waals surface area (Å²) in [6, 6.07) is 10.4. The van der Waals surface area contributed by atoms with Crippen molar-refractivity contribution in [3.63, 3.8) is 0 Å². The second-order valence-corrected chi connectivity index (χ2v) is 5.68. The summed E-state index contributed by atoms with van der Waals surface area (Å²) in [5, 5.41) is 3.36. The molecule has 2 rings (SSSR count). The number of methoxy groups -OCH3 is 1. The zero-order valence-corrected chi connectivity index (χ0v) is 14.4. The zero-order valence-electron chi connectivity index (χ0n) is 12.9.